The van der Waals surface area contributed by atoms with Gasteiger partial charge in [0.15, 0.2) is 0 Å². The predicted molar refractivity (Wildman–Crippen MR) is 93.4 cm³/mol. The molecule has 1 aliphatic heterocycles. The third-order valence-electron chi connectivity index (χ3n) is 4.84. The van der Waals surface area contributed by atoms with E-state index in [1.807, 2.05) is 31.2 Å². The lowest BCUT2D eigenvalue weighted by Crippen LogP contribution is -2.54. The number of aryl methyl sites for hydroxylation is 1. The number of hydrogen-bond donors (Lipinski definition) is 2. The Morgan fingerprint density at radius 3 is 2.58 bits per heavy atom. The van der Waals surface area contributed by atoms with Gasteiger partial charge in [-0.1, -0.05) is 31.5 Å². The van der Waals surface area contributed by atoms with Crippen molar-refractivity contribution < 1.29 is 4.79 Å². The van der Waals surface area contributed by atoms with E-state index in [4.69, 9.17) is 5.73 Å². The van der Waals surface area contributed by atoms with E-state index in [1.54, 1.807) is 4.90 Å². The van der Waals surface area contributed by atoms with Crippen LogP contribution in [0.15, 0.2) is 35.1 Å². The van der Waals surface area contributed by atoms with E-state index in [2.05, 4.69) is 18.9 Å². The molecule has 0 spiro atoms. The van der Waals surface area contributed by atoms with E-state index in [0.29, 0.717) is 24.5 Å². The van der Waals surface area contributed by atoms with E-state index in [9.17, 15) is 9.59 Å². The molecule has 0 saturated carbocycles. The maximum Gasteiger partial charge on any atom is 0.271 e. The molecular weight excluding hydrogens is 304 g/mol. The molecule has 1 atom stereocenters. The number of H-pyrrole nitrogens is 1. The Bertz CT molecular complexity index is 801. The Labute approximate surface area is 141 Å². The second-order valence-electron chi connectivity index (χ2n) is 7.29. The number of nitrogens with one attached hydrogen (secondary N) is 1. The van der Waals surface area contributed by atoms with Gasteiger partial charge in [-0.3, -0.25) is 14.7 Å². The van der Waals surface area contributed by atoms with Gasteiger partial charge in [0.1, 0.15) is 5.69 Å². The van der Waals surface area contributed by atoms with E-state index < -0.39 is 0 Å². The Morgan fingerprint density at radius 2 is 1.96 bits per heavy atom. The number of carbonyl (C=O) groups excluding carboxylic acids is 1. The van der Waals surface area contributed by atoms with Crippen molar-refractivity contribution in [2.45, 2.75) is 33.2 Å². The van der Waals surface area contributed by atoms with Gasteiger partial charge in [0.2, 0.25) is 0 Å². The largest absolute Gasteiger partial charge is 0.337 e. The lowest BCUT2D eigenvalue weighted by atomic mass is 9.79. The van der Waals surface area contributed by atoms with Crippen molar-refractivity contribution in [3.05, 3.63) is 51.9 Å². The molecule has 1 aromatic carbocycles. The Morgan fingerprint density at radius 1 is 1.29 bits per heavy atom. The van der Waals surface area contributed by atoms with Crippen LogP contribution in [0.5, 0.6) is 0 Å². The molecule has 1 aliphatic rings. The minimum atomic E-state index is -0.241. The number of benzene rings is 1. The molecule has 24 heavy (non-hydrogen) atoms. The van der Waals surface area contributed by atoms with Gasteiger partial charge in [0, 0.05) is 25.2 Å². The number of likely N-dealkylation sites (tertiary alicyclic amines) is 1. The number of aromatic amines is 1. The molecule has 1 aromatic heterocycles. The van der Waals surface area contributed by atoms with Crippen molar-refractivity contribution in [1.82, 2.24) is 14.7 Å². The van der Waals surface area contributed by atoms with E-state index in [1.165, 1.54) is 10.7 Å². The highest BCUT2D eigenvalue weighted by molar-refractivity contribution is 5.92. The van der Waals surface area contributed by atoms with Gasteiger partial charge in [0.25, 0.3) is 11.5 Å². The van der Waals surface area contributed by atoms with Crippen LogP contribution in [0.4, 0.5) is 0 Å². The molecular formula is C18H24N4O2. The maximum atomic E-state index is 12.7. The summed E-state index contributed by atoms with van der Waals surface area (Å²) in [4.78, 5) is 26.8. The smallest absolute Gasteiger partial charge is 0.271 e. The Kier molecular flexibility index (Phi) is 4.09. The maximum absolute atomic E-state index is 12.7. The van der Waals surface area contributed by atoms with Crippen LogP contribution in [0.2, 0.25) is 0 Å². The van der Waals surface area contributed by atoms with Gasteiger partial charge >= 0.3 is 0 Å². The zero-order chi connectivity index (χ0) is 17.5. The van der Waals surface area contributed by atoms with Gasteiger partial charge in [-0.2, -0.15) is 0 Å². The first-order valence-electron chi connectivity index (χ1n) is 8.22. The van der Waals surface area contributed by atoms with Crippen LogP contribution in [-0.4, -0.2) is 39.7 Å². The van der Waals surface area contributed by atoms with Crippen LogP contribution in [0, 0.1) is 12.3 Å². The zero-order valence-electron chi connectivity index (χ0n) is 14.4. The summed E-state index contributed by atoms with van der Waals surface area (Å²) in [5.41, 5.74) is 7.90. The van der Waals surface area contributed by atoms with Gasteiger partial charge in [0.05, 0.1) is 5.69 Å². The van der Waals surface area contributed by atoms with Crippen molar-refractivity contribution in [2.75, 3.05) is 13.1 Å². The van der Waals surface area contributed by atoms with Crippen LogP contribution in [-0.2, 0) is 0 Å². The summed E-state index contributed by atoms with van der Waals surface area (Å²) in [6.07, 6.45) is 0.766. The average molecular weight is 328 g/mol. The number of rotatable bonds is 2. The highest BCUT2D eigenvalue weighted by Gasteiger charge is 2.36. The molecule has 0 aliphatic carbocycles. The summed E-state index contributed by atoms with van der Waals surface area (Å²) in [6, 6.07) is 9.01. The molecule has 2 heterocycles. The summed E-state index contributed by atoms with van der Waals surface area (Å²) in [7, 11) is 0. The highest BCUT2D eigenvalue weighted by Crippen LogP contribution is 2.28. The fourth-order valence-electron chi connectivity index (χ4n) is 3.11. The molecule has 1 saturated heterocycles. The number of nitrogens with zero attached hydrogens (tertiary/aromatic N) is 2. The molecule has 1 fully saturated rings. The molecule has 0 bridgehead atoms. The van der Waals surface area contributed by atoms with Crippen molar-refractivity contribution in [3.63, 3.8) is 0 Å². The predicted octanol–water partition coefficient (Wildman–Crippen LogP) is 1.67. The first-order chi connectivity index (χ1) is 11.3. The molecule has 2 aromatic rings. The third kappa shape index (κ3) is 3.01. The van der Waals surface area contributed by atoms with Gasteiger partial charge < -0.3 is 10.6 Å². The lowest BCUT2D eigenvalue weighted by Gasteiger charge is -2.42. The molecule has 0 radical (unpaired) electrons. The normalized spacial score (nSPS) is 20.2. The average Bonchev–Trinajstić information content (AvgIpc) is 2.92. The number of nitrogens with two attached hydrogens (primary N) is 1. The van der Waals surface area contributed by atoms with Crippen molar-refractivity contribution in [3.8, 4) is 5.69 Å². The quantitative estimate of drug-likeness (QED) is 0.879. The zero-order valence-corrected chi connectivity index (χ0v) is 14.4. The summed E-state index contributed by atoms with van der Waals surface area (Å²) in [6.45, 7) is 7.32. The van der Waals surface area contributed by atoms with Crippen LogP contribution in [0.1, 0.15) is 36.3 Å². The molecule has 1 amide bonds. The van der Waals surface area contributed by atoms with Gasteiger partial charge in [-0.15, -0.1) is 0 Å². The van der Waals surface area contributed by atoms with Gasteiger partial charge in [-0.05, 0) is 30.9 Å². The van der Waals surface area contributed by atoms with Crippen molar-refractivity contribution in [2.24, 2.45) is 11.1 Å². The minimum Gasteiger partial charge on any atom is -0.337 e. The second-order valence-corrected chi connectivity index (χ2v) is 7.29. The number of aromatic nitrogens is 2. The standard InChI is InChI=1S/C18H24N4O2/c1-12-4-6-13(7-5-12)22-16(23)10-14(20-22)17(24)21-9-8-15(19)18(2,3)11-21/h4-7,10,15,20H,8-9,11,19H2,1-3H3. The molecule has 3 rings (SSSR count). The molecule has 1 unspecified atom stereocenters. The molecule has 128 valence electrons. The van der Waals surface area contributed by atoms with E-state index >= 15 is 0 Å². The SMILES string of the molecule is Cc1ccc(-n2[nH]c(C(=O)N3CCC(N)C(C)(C)C3)cc2=O)cc1. The fraction of sp³-hybridized carbons (Fsp3) is 0.444. The summed E-state index contributed by atoms with van der Waals surface area (Å²) in [5.74, 6) is -0.155. The molecule has 6 heteroatoms. The molecule has 3 N–H and O–H groups in total. The van der Waals surface area contributed by atoms with Crippen molar-refractivity contribution >= 4 is 5.91 Å². The Hall–Kier alpha value is -2.34. The summed E-state index contributed by atoms with van der Waals surface area (Å²) >= 11 is 0. The number of piperidine rings is 1. The third-order valence-corrected chi connectivity index (χ3v) is 4.84. The topological polar surface area (TPSA) is 84.1 Å². The summed E-state index contributed by atoms with van der Waals surface area (Å²) in [5, 5.41) is 2.93. The van der Waals surface area contributed by atoms with E-state index in [0.717, 1.165) is 12.0 Å². The molecule has 6 nitrogen and oxygen atoms in total. The van der Waals surface area contributed by atoms with Crippen LogP contribution in [0.25, 0.3) is 5.69 Å². The second kappa shape index (κ2) is 5.94. The number of hydrogen-bond acceptors (Lipinski definition) is 3. The van der Waals surface area contributed by atoms with Crippen molar-refractivity contribution in [1.29, 1.82) is 0 Å². The number of carbonyl (C=O) groups is 1. The number of amides is 1. The van der Waals surface area contributed by atoms with Crippen LogP contribution >= 0.6 is 0 Å². The summed E-state index contributed by atoms with van der Waals surface area (Å²) < 4.78 is 1.40. The van der Waals surface area contributed by atoms with E-state index in [-0.39, 0.29) is 22.9 Å². The van der Waals surface area contributed by atoms with Gasteiger partial charge in [-0.25, -0.2) is 4.68 Å². The van der Waals surface area contributed by atoms with Crippen LogP contribution < -0.4 is 11.3 Å². The Balaban J connectivity index is 1.86. The lowest BCUT2D eigenvalue weighted by molar-refractivity contribution is 0.0527. The fourth-order valence-corrected chi connectivity index (χ4v) is 3.11. The first-order valence-corrected chi connectivity index (χ1v) is 8.22. The minimum absolute atomic E-state index is 0.0813. The highest BCUT2D eigenvalue weighted by atomic mass is 16.2. The monoisotopic (exact) mass is 328 g/mol. The van der Waals surface area contributed by atoms with Crippen LogP contribution in [0.3, 0.4) is 0 Å². The first kappa shape index (κ1) is 16.5.